The van der Waals surface area contributed by atoms with Gasteiger partial charge in [-0.25, -0.2) is 4.79 Å². The number of nitrogens with two attached hydrogens (primary N) is 2. The number of carboxylic acid groups (broad SMARTS) is 2. The highest BCUT2D eigenvalue weighted by Crippen LogP contribution is 2.03. The van der Waals surface area contributed by atoms with Crippen LogP contribution in [-0.4, -0.2) is 82.2 Å². The maximum absolute atomic E-state index is 11.6. The molecule has 1 amide bonds. The predicted octanol–water partition coefficient (Wildman–Crippen LogP) is 0.541. The fourth-order valence-electron chi connectivity index (χ4n) is 1.52. The summed E-state index contributed by atoms with van der Waals surface area (Å²) in [6, 6.07) is -2.15. The molecule has 0 fully saturated rings. The number of thioether (sulfide) groups is 3. The molecule has 0 bridgehead atoms. The van der Waals surface area contributed by atoms with Crippen LogP contribution in [0.2, 0.25) is 0 Å². The molecule has 154 valence electrons. The van der Waals surface area contributed by atoms with Gasteiger partial charge in [-0.05, 0) is 55.3 Å². The number of amides is 1. The highest BCUT2D eigenvalue weighted by atomic mass is 32.2. The molecule has 0 rings (SSSR count). The molecule has 0 aromatic rings. The molecule has 0 saturated carbocycles. The molecule has 0 aromatic carbocycles. The zero-order valence-electron chi connectivity index (χ0n) is 15.5. The Morgan fingerprint density at radius 3 is 1.62 bits per heavy atom. The molecule has 3 atom stereocenters. The summed E-state index contributed by atoms with van der Waals surface area (Å²) < 4.78 is 0. The summed E-state index contributed by atoms with van der Waals surface area (Å²) >= 11 is 4.76. The molecular weight excluding hydrogens is 398 g/mol. The van der Waals surface area contributed by atoms with Crippen molar-refractivity contribution >= 4 is 53.1 Å². The van der Waals surface area contributed by atoms with Crippen LogP contribution >= 0.6 is 35.3 Å². The molecule has 0 radical (unpaired) electrons. The second kappa shape index (κ2) is 17.8. The summed E-state index contributed by atoms with van der Waals surface area (Å²) in [6.07, 6.45) is 7.28. The van der Waals surface area contributed by atoms with E-state index in [1.54, 1.807) is 35.3 Å². The normalized spacial score (nSPS) is 13.7. The third-order valence-electron chi connectivity index (χ3n) is 3.15. The minimum absolute atomic E-state index is 0.382. The third kappa shape index (κ3) is 15.6. The van der Waals surface area contributed by atoms with E-state index in [0.717, 1.165) is 11.5 Å². The Kier molecular flexibility index (Phi) is 18.9. The molecule has 0 spiro atoms. The Bertz CT molecular complexity index is 416. The van der Waals surface area contributed by atoms with Crippen LogP contribution in [0.4, 0.5) is 0 Å². The van der Waals surface area contributed by atoms with Crippen LogP contribution < -0.4 is 16.8 Å². The van der Waals surface area contributed by atoms with Crippen molar-refractivity contribution in [1.82, 2.24) is 5.32 Å². The van der Waals surface area contributed by atoms with E-state index in [4.69, 9.17) is 21.7 Å². The third-order valence-corrected chi connectivity index (χ3v) is 5.08. The van der Waals surface area contributed by atoms with Crippen LogP contribution in [-0.2, 0) is 14.4 Å². The average Bonchev–Trinajstić information content (AvgIpc) is 2.60. The van der Waals surface area contributed by atoms with Gasteiger partial charge in [-0.2, -0.15) is 35.3 Å². The van der Waals surface area contributed by atoms with Crippen molar-refractivity contribution in [2.75, 3.05) is 36.0 Å². The fourth-order valence-corrected chi connectivity index (χ4v) is 2.97. The van der Waals surface area contributed by atoms with E-state index in [0.29, 0.717) is 25.0 Å². The Morgan fingerprint density at radius 2 is 1.23 bits per heavy atom. The lowest BCUT2D eigenvalue weighted by atomic mass is 10.2. The van der Waals surface area contributed by atoms with Gasteiger partial charge in [0, 0.05) is 0 Å². The van der Waals surface area contributed by atoms with Crippen molar-refractivity contribution in [3.05, 3.63) is 0 Å². The van der Waals surface area contributed by atoms with E-state index in [-0.39, 0.29) is 5.91 Å². The van der Waals surface area contributed by atoms with E-state index >= 15 is 0 Å². The molecule has 0 aromatic heterocycles. The largest absolute Gasteiger partial charge is 0.480 e. The topological polar surface area (TPSA) is 156 Å². The van der Waals surface area contributed by atoms with E-state index in [1.165, 1.54) is 0 Å². The van der Waals surface area contributed by atoms with E-state index < -0.39 is 30.1 Å². The van der Waals surface area contributed by atoms with E-state index in [2.05, 4.69) is 5.32 Å². The molecule has 0 aliphatic rings. The van der Waals surface area contributed by atoms with Crippen molar-refractivity contribution in [2.45, 2.75) is 37.4 Å². The van der Waals surface area contributed by atoms with E-state index in [9.17, 15) is 14.4 Å². The van der Waals surface area contributed by atoms with Gasteiger partial charge in [-0.3, -0.25) is 9.59 Å². The van der Waals surface area contributed by atoms with Crippen molar-refractivity contribution in [3.63, 3.8) is 0 Å². The first-order valence-electron chi connectivity index (χ1n) is 7.95. The van der Waals surface area contributed by atoms with Gasteiger partial charge in [0.2, 0.25) is 5.91 Å². The van der Waals surface area contributed by atoms with Crippen molar-refractivity contribution in [1.29, 1.82) is 0 Å². The highest BCUT2D eigenvalue weighted by Gasteiger charge is 2.22. The number of rotatable bonds is 13. The second-order valence-corrected chi connectivity index (χ2v) is 8.25. The fraction of sp³-hybridized carbons (Fsp3) is 0.800. The monoisotopic (exact) mass is 429 g/mol. The minimum Gasteiger partial charge on any atom is -0.480 e. The maximum atomic E-state index is 11.6. The number of carboxylic acids is 2. The quantitative estimate of drug-likeness (QED) is 0.280. The van der Waals surface area contributed by atoms with E-state index in [1.807, 2.05) is 18.8 Å². The predicted molar refractivity (Wildman–Crippen MR) is 112 cm³/mol. The first-order valence-corrected chi connectivity index (χ1v) is 12.1. The molecule has 0 aliphatic heterocycles. The molecule has 26 heavy (non-hydrogen) atoms. The SMILES string of the molecule is CSCCC(N)C(=O)NC(CCSC)C(=O)O.CSCC[C@H](N)C(=O)O. The Hall–Kier alpha value is -0.620. The van der Waals surface area contributed by atoms with Crippen LogP contribution in [0.25, 0.3) is 0 Å². The number of carbonyl (C=O) groups excluding carboxylic acids is 1. The molecule has 0 aliphatic carbocycles. The second-order valence-electron chi connectivity index (χ2n) is 5.30. The lowest BCUT2D eigenvalue weighted by Gasteiger charge is -2.17. The summed E-state index contributed by atoms with van der Waals surface area (Å²) in [5, 5.41) is 19.7. The minimum atomic E-state index is -1.01. The van der Waals surface area contributed by atoms with Gasteiger partial charge in [-0.1, -0.05) is 0 Å². The first-order chi connectivity index (χ1) is 12.2. The van der Waals surface area contributed by atoms with Gasteiger partial charge in [0.05, 0.1) is 6.04 Å². The summed E-state index contributed by atoms with van der Waals surface area (Å²) in [7, 11) is 0. The van der Waals surface area contributed by atoms with Gasteiger partial charge in [0.1, 0.15) is 12.1 Å². The first kappa shape index (κ1) is 27.6. The Labute approximate surface area is 168 Å². The van der Waals surface area contributed by atoms with Crippen LogP contribution in [0.3, 0.4) is 0 Å². The highest BCUT2D eigenvalue weighted by molar-refractivity contribution is 7.98. The van der Waals surface area contributed by atoms with Gasteiger partial charge in [-0.15, -0.1) is 0 Å². The number of carbonyl (C=O) groups is 3. The molecule has 7 N–H and O–H groups in total. The molecule has 2 unspecified atom stereocenters. The number of nitrogens with one attached hydrogen (secondary N) is 1. The number of hydrogen-bond acceptors (Lipinski definition) is 8. The maximum Gasteiger partial charge on any atom is 0.326 e. The number of aliphatic carboxylic acids is 2. The standard InChI is InChI=1S/C10H20N2O3S2.C5H11NO2S/c1-16-5-3-7(11)9(13)12-8(10(14)15)4-6-17-2;1-9-3-2-4(6)5(7)8/h7-8H,3-6,11H2,1-2H3,(H,12,13)(H,14,15);4H,2-3,6H2,1H3,(H,7,8)/t;4-/m.0/s1. The van der Waals surface area contributed by atoms with Crippen LogP contribution in [0.15, 0.2) is 0 Å². The molecular formula is C15H31N3O5S3. The Morgan fingerprint density at radius 1 is 0.808 bits per heavy atom. The molecule has 11 heteroatoms. The Balaban J connectivity index is 0. The lowest BCUT2D eigenvalue weighted by molar-refractivity contribution is -0.142. The average molecular weight is 430 g/mol. The zero-order valence-corrected chi connectivity index (χ0v) is 17.9. The summed E-state index contributed by atoms with van der Waals surface area (Å²) in [4.78, 5) is 32.6. The van der Waals surface area contributed by atoms with Crippen LogP contribution in [0.1, 0.15) is 19.3 Å². The van der Waals surface area contributed by atoms with Gasteiger partial charge in [0.15, 0.2) is 0 Å². The van der Waals surface area contributed by atoms with Crippen LogP contribution in [0.5, 0.6) is 0 Å². The molecule has 0 saturated heterocycles. The van der Waals surface area contributed by atoms with Crippen molar-refractivity contribution < 1.29 is 24.6 Å². The molecule has 0 heterocycles. The number of hydrogen-bond donors (Lipinski definition) is 5. The smallest absolute Gasteiger partial charge is 0.326 e. The summed E-state index contributed by atoms with van der Waals surface area (Å²) in [5.41, 5.74) is 10.8. The van der Waals surface area contributed by atoms with Crippen molar-refractivity contribution in [3.8, 4) is 0 Å². The lowest BCUT2D eigenvalue weighted by Crippen LogP contribution is -2.48. The summed E-state index contributed by atoms with van der Waals surface area (Å²) in [6.45, 7) is 0. The van der Waals surface area contributed by atoms with Crippen LogP contribution in [0, 0.1) is 0 Å². The summed E-state index contributed by atoms with van der Waals surface area (Å²) in [5.74, 6) is -0.0110. The van der Waals surface area contributed by atoms with Gasteiger partial charge < -0.3 is 27.0 Å². The zero-order chi connectivity index (χ0) is 20.5. The van der Waals surface area contributed by atoms with Crippen molar-refractivity contribution in [2.24, 2.45) is 11.5 Å². The van der Waals surface area contributed by atoms with Gasteiger partial charge >= 0.3 is 11.9 Å². The van der Waals surface area contributed by atoms with Gasteiger partial charge in [0.25, 0.3) is 0 Å². The molecule has 8 nitrogen and oxygen atoms in total.